The number of nitrogens with zero attached hydrogens (tertiary/aromatic N) is 2. The van der Waals surface area contributed by atoms with Crippen molar-refractivity contribution < 1.29 is 18.0 Å². The molecule has 1 aromatic rings. The zero-order valence-corrected chi connectivity index (χ0v) is 13.5. The lowest BCUT2D eigenvalue weighted by molar-refractivity contribution is -0.0884. The molecule has 0 bridgehead atoms. The fourth-order valence-corrected chi connectivity index (χ4v) is 2.48. The maximum absolute atomic E-state index is 12.8. The molecule has 0 atom stereocenters. The summed E-state index contributed by atoms with van der Waals surface area (Å²) in [6.45, 7) is 10.3. The summed E-state index contributed by atoms with van der Waals surface area (Å²) in [6, 6.07) is 4.55. The molecule has 0 amide bonds. The van der Waals surface area contributed by atoms with Gasteiger partial charge >= 0.3 is 6.18 Å². The van der Waals surface area contributed by atoms with Crippen molar-refractivity contribution in [2.45, 2.75) is 33.9 Å². The van der Waals surface area contributed by atoms with Gasteiger partial charge in [-0.05, 0) is 45.9 Å². The predicted molar refractivity (Wildman–Crippen MR) is 83.9 cm³/mol. The predicted octanol–water partition coefficient (Wildman–Crippen LogP) is 4.12. The first-order valence-electron chi connectivity index (χ1n) is 7.55. The first kappa shape index (κ1) is 18.3. The van der Waals surface area contributed by atoms with E-state index in [-0.39, 0.29) is 5.56 Å². The third-order valence-corrected chi connectivity index (χ3v) is 3.72. The van der Waals surface area contributed by atoms with Crippen molar-refractivity contribution in [2.24, 2.45) is 0 Å². The van der Waals surface area contributed by atoms with Crippen LogP contribution in [0.5, 0.6) is 0 Å². The number of halogens is 3. The van der Waals surface area contributed by atoms with Crippen LogP contribution in [0.15, 0.2) is 18.2 Å². The molecule has 0 unspecified atom stereocenters. The van der Waals surface area contributed by atoms with E-state index in [1.54, 1.807) is 17.0 Å². The lowest BCUT2D eigenvalue weighted by Gasteiger charge is -2.28. The second kappa shape index (κ2) is 7.51. The molecule has 0 saturated carbocycles. The maximum Gasteiger partial charge on any atom is 0.454 e. The standard InChI is InChI=1S/C16H23F3N2O/c1-5-20(6-2)12-9-10-13(15(22)16(17,18)19)14(11-12)21(7-3)8-4/h9-11H,5-8H2,1-4H3. The number of alkyl halides is 3. The van der Waals surface area contributed by atoms with Crippen molar-refractivity contribution in [1.29, 1.82) is 0 Å². The highest BCUT2D eigenvalue weighted by atomic mass is 19.4. The second-order valence-electron chi connectivity index (χ2n) is 4.87. The number of benzene rings is 1. The number of hydrogen-bond donors (Lipinski definition) is 0. The van der Waals surface area contributed by atoms with E-state index < -0.39 is 12.0 Å². The van der Waals surface area contributed by atoms with E-state index >= 15 is 0 Å². The minimum atomic E-state index is -4.86. The molecule has 0 aliphatic rings. The smallest absolute Gasteiger partial charge is 0.372 e. The van der Waals surface area contributed by atoms with Crippen LogP contribution in [-0.4, -0.2) is 38.1 Å². The summed E-state index contributed by atoms with van der Waals surface area (Å²) in [4.78, 5) is 15.5. The summed E-state index contributed by atoms with van der Waals surface area (Å²) in [6.07, 6.45) is -4.86. The molecule has 0 aliphatic heterocycles. The van der Waals surface area contributed by atoms with Gasteiger partial charge in [-0.25, -0.2) is 0 Å². The Bertz CT molecular complexity index is 507. The van der Waals surface area contributed by atoms with E-state index in [2.05, 4.69) is 0 Å². The summed E-state index contributed by atoms with van der Waals surface area (Å²) >= 11 is 0. The van der Waals surface area contributed by atoms with Crippen molar-refractivity contribution in [3.8, 4) is 0 Å². The topological polar surface area (TPSA) is 23.6 Å². The van der Waals surface area contributed by atoms with Crippen molar-refractivity contribution >= 4 is 17.2 Å². The van der Waals surface area contributed by atoms with E-state index in [1.165, 1.54) is 6.07 Å². The summed E-state index contributed by atoms with van der Waals surface area (Å²) in [7, 11) is 0. The SMILES string of the molecule is CCN(CC)c1ccc(C(=O)C(F)(F)F)c(N(CC)CC)c1. The highest BCUT2D eigenvalue weighted by molar-refractivity contribution is 6.05. The average molecular weight is 316 g/mol. The monoisotopic (exact) mass is 316 g/mol. The van der Waals surface area contributed by atoms with Gasteiger partial charge in [-0.15, -0.1) is 0 Å². The van der Waals surface area contributed by atoms with Crippen LogP contribution in [0, 0.1) is 0 Å². The molecule has 0 heterocycles. The summed E-state index contributed by atoms with van der Waals surface area (Å²) in [5.74, 6) is -1.79. The van der Waals surface area contributed by atoms with Crippen LogP contribution >= 0.6 is 0 Å². The summed E-state index contributed by atoms with van der Waals surface area (Å²) in [5.41, 5.74) is 0.884. The summed E-state index contributed by atoms with van der Waals surface area (Å²) < 4.78 is 38.4. The fourth-order valence-electron chi connectivity index (χ4n) is 2.48. The number of anilines is 2. The first-order valence-corrected chi connectivity index (χ1v) is 7.55. The average Bonchev–Trinajstić information content (AvgIpc) is 2.48. The van der Waals surface area contributed by atoms with Crippen molar-refractivity contribution in [3.05, 3.63) is 23.8 Å². The molecule has 0 spiro atoms. The molecular formula is C16H23F3N2O. The van der Waals surface area contributed by atoms with Gasteiger partial charge in [-0.2, -0.15) is 13.2 Å². The van der Waals surface area contributed by atoms with Crippen LogP contribution in [-0.2, 0) is 0 Å². The highest BCUT2D eigenvalue weighted by Crippen LogP contribution is 2.32. The molecule has 0 saturated heterocycles. The molecule has 124 valence electrons. The Hall–Kier alpha value is -1.72. The van der Waals surface area contributed by atoms with Crippen LogP contribution in [0.3, 0.4) is 0 Å². The van der Waals surface area contributed by atoms with E-state index in [9.17, 15) is 18.0 Å². The molecule has 22 heavy (non-hydrogen) atoms. The zero-order valence-electron chi connectivity index (χ0n) is 13.5. The molecule has 0 radical (unpaired) electrons. The molecule has 1 aromatic carbocycles. The number of ketones is 1. The third-order valence-electron chi connectivity index (χ3n) is 3.72. The zero-order chi connectivity index (χ0) is 16.9. The minimum absolute atomic E-state index is 0.285. The van der Waals surface area contributed by atoms with Crippen LogP contribution < -0.4 is 9.80 Å². The van der Waals surface area contributed by atoms with Gasteiger partial charge in [0.05, 0.1) is 5.56 Å². The molecular weight excluding hydrogens is 293 g/mol. The van der Waals surface area contributed by atoms with Crippen molar-refractivity contribution in [2.75, 3.05) is 36.0 Å². The lowest BCUT2D eigenvalue weighted by Crippen LogP contribution is -2.29. The Balaban J connectivity index is 3.42. The number of Topliss-reactive ketones (excluding diaryl/α,β-unsaturated/α-hetero) is 1. The van der Waals surface area contributed by atoms with Crippen molar-refractivity contribution in [3.63, 3.8) is 0 Å². The number of carbonyl (C=O) groups is 1. The van der Waals surface area contributed by atoms with Gasteiger partial charge in [0.2, 0.25) is 0 Å². The molecule has 6 heteroatoms. The lowest BCUT2D eigenvalue weighted by atomic mass is 10.1. The Morgan fingerprint density at radius 2 is 1.45 bits per heavy atom. The van der Waals surface area contributed by atoms with Crippen LogP contribution in [0.1, 0.15) is 38.1 Å². The van der Waals surface area contributed by atoms with E-state index in [4.69, 9.17) is 0 Å². The number of hydrogen-bond acceptors (Lipinski definition) is 3. The fraction of sp³-hybridized carbons (Fsp3) is 0.562. The molecule has 0 aliphatic carbocycles. The van der Waals surface area contributed by atoms with Gasteiger partial charge in [-0.1, -0.05) is 0 Å². The molecule has 3 nitrogen and oxygen atoms in total. The maximum atomic E-state index is 12.8. The van der Waals surface area contributed by atoms with Gasteiger partial charge in [-0.3, -0.25) is 4.79 Å². The molecule has 1 rings (SSSR count). The van der Waals surface area contributed by atoms with Gasteiger partial charge in [0.1, 0.15) is 0 Å². The van der Waals surface area contributed by atoms with E-state index in [0.717, 1.165) is 18.8 Å². The molecule has 0 fully saturated rings. The minimum Gasteiger partial charge on any atom is -0.372 e. The van der Waals surface area contributed by atoms with E-state index in [1.807, 2.05) is 32.6 Å². The Morgan fingerprint density at radius 3 is 1.86 bits per heavy atom. The van der Waals surface area contributed by atoms with Gasteiger partial charge < -0.3 is 9.80 Å². The normalized spacial score (nSPS) is 11.4. The van der Waals surface area contributed by atoms with Gasteiger partial charge in [0, 0.05) is 37.6 Å². The molecule has 0 N–H and O–H groups in total. The third kappa shape index (κ3) is 3.93. The van der Waals surface area contributed by atoms with Crippen LogP contribution in [0.2, 0.25) is 0 Å². The van der Waals surface area contributed by atoms with Crippen molar-refractivity contribution in [1.82, 2.24) is 0 Å². The number of rotatable bonds is 7. The number of carbonyl (C=O) groups excluding carboxylic acids is 1. The second-order valence-corrected chi connectivity index (χ2v) is 4.87. The first-order chi connectivity index (χ1) is 10.3. The Labute approximate surface area is 129 Å². The molecule has 0 aromatic heterocycles. The van der Waals surface area contributed by atoms with Gasteiger partial charge in [0.15, 0.2) is 0 Å². The largest absolute Gasteiger partial charge is 0.454 e. The summed E-state index contributed by atoms with van der Waals surface area (Å²) in [5, 5.41) is 0. The van der Waals surface area contributed by atoms with Crippen LogP contribution in [0.25, 0.3) is 0 Å². The Kier molecular flexibility index (Phi) is 6.26. The quantitative estimate of drug-likeness (QED) is 0.707. The highest BCUT2D eigenvalue weighted by Gasteiger charge is 2.41. The van der Waals surface area contributed by atoms with Crippen LogP contribution in [0.4, 0.5) is 24.5 Å². The van der Waals surface area contributed by atoms with Gasteiger partial charge in [0.25, 0.3) is 5.78 Å². The Morgan fingerprint density at radius 1 is 0.955 bits per heavy atom. The van der Waals surface area contributed by atoms with E-state index in [0.29, 0.717) is 18.8 Å².